The Balaban J connectivity index is 3.70. The van der Waals surface area contributed by atoms with E-state index in [0.717, 1.165) is 0 Å². The Hall–Kier alpha value is -0.170. The van der Waals surface area contributed by atoms with Crippen LogP contribution in [0.3, 0.4) is 0 Å². The molecule has 0 rings (SSSR count). The van der Waals surface area contributed by atoms with Crippen molar-refractivity contribution in [3.8, 4) is 0 Å². The highest BCUT2D eigenvalue weighted by Crippen LogP contribution is 1.80. The van der Waals surface area contributed by atoms with Crippen LogP contribution in [0.2, 0.25) is 0 Å². The third-order valence-electron chi connectivity index (χ3n) is 0.760. The molecule has 0 saturated carbocycles. The van der Waals surface area contributed by atoms with Crippen molar-refractivity contribution in [1.29, 1.82) is 0 Å². The lowest BCUT2D eigenvalue weighted by molar-refractivity contribution is 0.506. The van der Waals surface area contributed by atoms with Gasteiger partial charge >= 0.3 is 0 Å². The molecular formula is C4H12N3O2S. The monoisotopic (exact) mass is 166 g/mol. The van der Waals surface area contributed by atoms with Crippen LogP contribution in [-0.2, 0) is 10.0 Å². The van der Waals surface area contributed by atoms with Gasteiger partial charge in [-0.15, -0.1) is 0 Å². The predicted octanol–water partition coefficient (Wildman–Crippen LogP) is -1.25. The van der Waals surface area contributed by atoms with Crippen molar-refractivity contribution in [3.63, 3.8) is 0 Å². The number of hydrogen-bond donors (Lipinski definition) is 2. The van der Waals surface area contributed by atoms with E-state index in [2.05, 4.69) is 10.3 Å². The minimum Gasteiger partial charge on any atom is -0.315 e. The number of sulfonamides is 1. The predicted molar refractivity (Wildman–Crippen MR) is 38.4 cm³/mol. The van der Waals surface area contributed by atoms with Gasteiger partial charge in [0.05, 0.1) is 11.9 Å². The second-order valence-electron chi connectivity index (χ2n) is 1.88. The van der Waals surface area contributed by atoms with E-state index in [4.69, 9.17) is 5.73 Å². The van der Waals surface area contributed by atoms with Gasteiger partial charge < -0.3 is 5.73 Å². The molecule has 0 aliphatic rings. The van der Waals surface area contributed by atoms with Gasteiger partial charge in [0.2, 0.25) is 10.0 Å². The fraction of sp³-hybridized carbons (Fsp3) is 1.00. The lowest BCUT2D eigenvalue weighted by Gasteiger charge is -2.05. The molecule has 5 nitrogen and oxygen atoms in total. The van der Waals surface area contributed by atoms with Crippen molar-refractivity contribution in [2.75, 3.05) is 5.75 Å². The molecule has 0 spiro atoms. The van der Waals surface area contributed by atoms with E-state index >= 15 is 0 Å². The molecule has 0 amide bonds. The molecule has 3 N–H and O–H groups in total. The van der Waals surface area contributed by atoms with Crippen molar-refractivity contribution >= 4 is 10.0 Å². The molecule has 6 heteroatoms. The Morgan fingerprint density at radius 1 is 1.70 bits per heavy atom. The fourth-order valence-electron chi connectivity index (χ4n) is 0.228. The second-order valence-corrected chi connectivity index (χ2v) is 3.80. The summed E-state index contributed by atoms with van der Waals surface area (Å²) in [6.45, 7) is 3.12. The summed E-state index contributed by atoms with van der Waals surface area (Å²) in [4.78, 5) is 3.17. The molecule has 1 atom stereocenters. The van der Waals surface area contributed by atoms with Crippen molar-refractivity contribution in [1.82, 2.24) is 10.3 Å². The third kappa shape index (κ3) is 4.68. The van der Waals surface area contributed by atoms with E-state index in [9.17, 15) is 8.42 Å². The first kappa shape index (κ1) is 9.83. The van der Waals surface area contributed by atoms with E-state index in [1.807, 2.05) is 0 Å². The summed E-state index contributed by atoms with van der Waals surface area (Å²) in [7, 11) is -3.28. The van der Waals surface area contributed by atoms with Gasteiger partial charge in [0.1, 0.15) is 0 Å². The highest BCUT2D eigenvalue weighted by atomic mass is 32.2. The summed E-state index contributed by atoms with van der Waals surface area (Å²) in [5.41, 5.74) is 7.44. The van der Waals surface area contributed by atoms with Crippen LogP contribution in [0.15, 0.2) is 0 Å². The van der Waals surface area contributed by atoms with Crippen LogP contribution in [0.25, 0.3) is 0 Å². The average molecular weight is 166 g/mol. The highest BCUT2D eigenvalue weighted by molar-refractivity contribution is 7.89. The van der Waals surface area contributed by atoms with E-state index in [-0.39, 0.29) is 5.75 Å². The van der Waals surface area contributed by atoms with E-state index in [1.165, 1.54) is 6.92 Å². The minimum absolute atomic E-state index is 0.00722. The molecule has 1 unspecified atom stereocenters. The van der Waals surface area contributed by atoms with E-state index < -0.39 is 16.2 Å². The van der Waals surface area contributed by atoms with Gasteiger partial charge in [-0.1, -0.05) is 0 Å². The van der Waals surface area contributed by atoms with Crippen LogP contribution in [0.4, 0.5) is 0 Å². The first-order valence-corrected chi connectivity index (χ1v) is 4.54. The lowest BCUT2D eigenvalue weighted by atomic mass is 10.7. The summed E-state index contributed by atoms with van der Waals surface area (Å²) >= 11 is 0. The normalized spacial score (nSPS) is 15.1. The van der Waals surface area contributed by atoms with Gasteiger partial charge in [0.15, 0.2) is 0 Å². The number of nitrogens with one attached hydrogen (secondary N) is 1. The zero-order valence-corrected chi connectivity index (χ0v) is 6.85. The van der Waals surface area contributed by atoms with Crippen molar-refractivity contribution in [3.05, 3.63) is 0 Å². The topological polar surface area (TPSA) is 86.3 Å². The molecule has 0 aromatic heterocycles. The van der Waals surface area contributed by atoms with Gasteiger partial charge in [-0.3, -0.25) is 0 Å². The second kappa shape index (κ2) is 3.87. The highest BCUT2D eigenvalue weighted by Gasteiger charge is 2.07. The molecule has 0 bridgehead atoms. The van der Waals surface area contributed by atoms with Gasteiger partial charge in [-0.05, 0) is 18.7 Å². The smallest absolute Gasteiger partial charge is 0.242 e. The summed E-state index contributed by atoms with van der Waals surface area (Å²) in [6.07, 6.45) is -0.429. The molecule has 61 valence electrons. The number of nitrogens with zero attached hydrogens (tertiary/aromatic N) is 1. The van der Waals surface area contributed by atoms with E-state index in [0.29, 0.717) is 0 Å². The Morgan fingerprint density at radius 3 is 2.50 bits per heavy atom. The average Bonchev–Trinajstić information content (AvgIpc) is 1.85. The Kier molecular flexibility index (Phi) is 3.80. The number of nitrogens with two attached hydrogens (primary N) is 1. The first-order valence-electron chi connectivity index (χ1n) is 2.93. The van der Waals surface area contributed by atoms with Gasteiger partial charge in [-0.25, -0.2) is 13.8 Å². The maximum atomic E-state index is 10.6. The van der Waals surface area contributed by atoms with Gasteiger partial charge in [0, 0.05) is 0 Å². The van der Waals surface area contributed by atoms with Crippen LogP contribution in [0, 0.1) is 0 Å². The van der Waals surface area contributed by atoms with Crippen LogP contribution in [0.1, 0.15) is 13.8 Å². The summed E-state index contributed by atoms with van der Waals surface area (Å²) in [5.74, 6) is -0.00722. The quantitative estimate of drug-likeness (QED) is 0.403. The lowest BCUT2D eigenvalue weighted by Crippen LogP contribution is -2.42. The van der Waals surface area contributed by atoms with Crippen LogP contribution in [-0.4, -0.2) is 20.3 Å². The maximum absolute atomic E-state index is 10.6. The molecule has 10 heavy (non-hydrogen) atoms. The SMILES string of the molecule is CCS(=O)(=O)[N]NC(C)N. The van der Waals surface area contributed by atoms with Crippen molar-refractivity contribution < 1.29 is 8.42 Å². The molecule has 0 aromatic carbocycles. The van der Waals surface area contributed by atoms with Crippen LogP contribution < -0.4 is 16.0 Å². The molecule has 1 radical (unpaired) electrons. The summed E-state index contributed by atoms with van der Waals surface area (Å²) in [6, 6.07) is 0. The van der Waals surface area contributed by atoms with Crippen molar-refractivity contribution in [2.24, 2.45) is 5.73 Å². The zero-order chi connectivity index (χ0) is 8.20. The maximum Gasteiger partial charge on any atom is 0.242 e. The third-order valence-corrected chi connectivity index (χ3v) is 1.87. The largest absolute Gasteiger partial charge is 0.315 e. The van der Waals surface area contributed by atoms with Crippen LogP contribution in [0.5, 0.6) is 0 Å². The first-order chi connectivity index (χ1) is 4.48. The molecule has 0 saturated heterocycles. The molecule has 0 fully saturated rings. The number of hydrogen-bond acceptors (Lipinski definition) is 4. The van der Waals surface area contributed by atoms with Crippen molar-refractivity contribution in [2.45, 2.75) is 20.0 Å². The minimum atomic E-state index is -3.28. The molecule has 0 heterocycles. The molecule has 0 aliphatic carbocycles. The zero-order valence-electron chi connectivity index (χ0n) is 6.03. The Bertz CT molecular complexity index is 175. The van der Waals surface area contributed by atoms with Gasteiger partial charge in [-0.2, -0.15) is 0 Å². The molecular weight excluding hydrogens is 154 g/mol. The van der Waals surface area contributed by atoms with Gasteiger partial charge in [0.25, 0.3) is 0 Å². The fourth-order valence-corrected chi connectivity index (χ4v) is 0.684. The molecule has 0 aromatic rings. The van der Waals surface area contributed by atoms with E-state index in [1.54, 1.807) is 6.92 Å². The summed E-state index contributed by atoms with van der Waals surface area (Å²) < 4.78 is 21.2. The van der Waals surface area contributed by atoms with Crippen LogP contribution >= 0.6 is 0 Å². The Labute approximate surface area is 61.0 Å². The standard InChI is InChI=1S/C4H12N3O2S/c1-3-10(8,9)7-6-4(2)5/h4,6H,3,5H2,1-2H3. The Morgan fingerprint density at radius 2 is 2.20 bits per heavy atom. The summed E-state index contributed by atoms with van der Waals surface area (Å²) in [5, 5.41) is 0. The number of rotatable bonds is 4. The molecule has 0 aliphatic heterocycles.